The number of anilines is 1. The van der Waals surface area contributed by atoms with Gasteiger partial charge in [-0.25, -0.2) is 14.0 Å². The standard InChI is InChI=1S/C21H19FN2O5S/c1-12-8-14(20(26)29-16-9-23(10-16)21(27)28)4-7-17(12)24-18(25)11-30-19(24)13-2-5-15(22)6-3-13/h2-8,16,19H,9-11H2,1H3,(H,27,28). The molecule has 7 nitrogen and oxygen atoms in total. The molecule has 2 aliphatic rings. The van der Waals surface area contributed by atoms with Gasteiger partial charge in [-0.3, -0.25) is 9.69 Å². The Hall–Kier alpha value is -3.07. The Balaban J connectivity index is 1.50. The Bertz CT molecular complexity index is 1010. The third-order valence-electron chi connectivity index (χ3n) is 5.11. The normalized spacial score (nSPS) is 19.0. The number of rotatable bonds is 4. The highest BCUT2D eigenvalue weighted by Crippen LogP contribution is 2.42. The van der Waals surface area contributed by atoms with Crippen LogP contribution < -0.4 is 4.90 Å². The first kappa shape index (κ1) is 20.2. The first-order chi connectivity index (χ1) is 14.3. The Morgan fingerprint density at radius 3 is 2.50 bits per heavy atom. The summed E-state index contributed by atoms with van der Waals surface area (Å²) < 4.78 is 18.6. The van der Waals surface area contributed by atoms with E-state index < -0.39 is 18.2 Å². The summed E-state index contributed by atoms with van der Waals surface area (Å²) in [6, 6.07) is 11.0. The third kappa shape index (κ3) is 3.85. The molecule has 0 bridgehead atoms. The van der Waals surface area contributed by atoms with E-state index in [2.05, 4.69) is 0 Å². The Labute approximate surface area is 176 Å². The maximum absolute atomic E-state index is 13.3. The van der Waals surface area contributed by atoms with Crippen LogP contribution in [-0.4, -0.2) is 52.9 Å². The zero-order valence-electron chi connectivity index (χ0n) is 16.1. The van der Waals surface area contributed by atoms with Gasteiger partial charge in [-0.05, 0) is 48.4 Å². The van der Waals surface area contributed by atoms with Crippen molar-refractivity contribution in [1.82, 2.24) is 4.90 Å². The van der Waals surface area contributed by atoms with Gasteiger partial charge < -0.3 is 14.7 Å². The van der Waals surface area contributed by atoms with Gasteiger partial charge in [0, 0.05) is 5.69 Å². The molecular weight excluding hydrogens is 411 g/mol. The average Bonchev–Trinajstić information content (AvgIpc) is 3.05. The first-order valence-corrected chi connectivity index (χ1v) is 10.4. The fourth-order valence-corrected chi connectivity index (χ4v) is 4.67. The van der Waals surface area contributed by atoms with E-state index >= 15 is 0 Å². The van der Waals surface area contributed by atoms with Gasteiger partial charge in [-0.15, -0.1) is 11.8 Å². The number of carboxylic acid groups (broad SMARTS) is 1. The van der Waals surface area contributed by atoms with Crippen molar-refractivity contribution in [3.63, 3.8) is 0 Å². The molecule has 1 unspecified atom stereocenters. The molecule has 2 saturated heterocycles. The monoisotopic (exact) mass is 430 g/mol. The van der Waals surface area contributed by atoms with E-state index in [1.165, 1.54) is 28.8 Å². The number of amides is 2. The SMILES string of the molecule is Cc1cc(C(=O)OC2CN(C(=O)O)C2)ccc1N1C(=O)CSC1c1ccc(F)cc1. The summed E-state index contributed by atoms with van der Waals surface area (Å²) >= 11 is 1.46. The maximum Gasteiger partial charge on any atom is 0.407 e. The van der Waals surface area contributed by atoms with Gasteiger partial charge in [0.05, 0.1) is 24.4 Å². The highest BCUT2D eigenvalue weighted by molar-refractivity contribution is 8.00. The van der Waals surface area contributed by atoms with Crippen molar-refractivity contribution in [2.75, 3.05) is 23.7 Å². The van der Waals surface area contributed by atoms with Crippen LogP contribution in [0.1, 0.15) is 26.9 Å². The van der Waals surface area contributed by atoms with E-state index in [4.69, 9.17) is 9.84 Å². The van der Waals surface area contributed by atoms with Crippen LogP contribution >= 0.6 is 11.8 Å². The number of benzene rings is 2. The zero-order chi connectivity index (χ0) is 21.4. The lowest BCUT2D eigenvalue weighted by molar-refractivity contribution is -0.115. The molecule has 2 aliphatic heterocycles. The molecule has 0 saturated carbocycles. The lowest BCUT2D eigenvalue weighted by atomic mass is 10.1. The van der Waals surface area contributed by atoms with Gasteiger partial charge in [0.1, 0.15) is 17.3 Å². The van der Waals surface area contributed by atoms with Crippen LogP contribution in [0.15, 0.2) is 42.5 Å². The van der Waals surface area contributed by atoms with E-state index in [1.807, 2.05) is 0 Å². The van der Waals surface area contributed by atoms with Crippen molar-refractivity contribution in [2.24, 2.45) is 0 Å². The smallest absolute Gasteiger partial charge is 0.407 e. The quantitative estimate of drug-likeness (QED) is 0.748. The summed E-state index contributed by atoms with van der Waals surface area (Å²) in [5.74, 6) is -0.614. The van der Waals surface area contributed by atoms with Crippen LogP contribution in [0.25, 0.3) is 0 Å². The van der Waals surface area contributed by atoms with Crippen LogP contribution in [0.4, 0.5) is 14.9 Å². The molecule has 4 rings (SSSR count). The van der Waals surface area contributed by atoms with E-state index in [-0.39, 0.29) is 30.2 Å². The number of halogens is 1. The largest absolute Gasteiger partial charge is 0.465 e. The Kier molecular flexibility index (Phi) is 5.38. The fraction of sp³-hybridized carbons (Fsp3) is 0.286. The Morgan fingerprint density at radius 1 is 1.17 bits per heavy atom. The molecule has 1 N–H and O–H groups in total. The average molecular weight is 430 g/mol. The summed E-state index contributed by atoms with van der Waals surface area (Å²) in [5.41, 5.74) is 2.57. The van der Waals surface area contributed by atoms with Crippen LogP contribution in [-0.2, 0) is 9.53 Å². The van der Waals surface area contributed by atoms with Gasteiger partial charge in [-0.1, -0.05) is 12.1 Å². The number of nitrogens with zero attached hydrogens (tertiary/aromatic N) is 2. The minimum atomic E-state index is -1.04. The Morgan fingerprint density at radius 2 is 1.87 bits per heavy atom. The molecular formula is C21H19FN2O5S. The van der Waals surface area contributed by atoms with Gasteiger partial charge in [-0.2, -0.15) is 0 Å². The zero-order valence-corrected chi connectivity index (χ0v) is 16.9. The van der Waals surface area contributed by atoms with Crippen molar-refractivity contribution >= 4 is 35.4 Å². The molecule has 0 aromatic heterocycles. The van der Waals surface area contributed by atoms with Crippen LogP contribution in [0.3, 0.4) is 0 Å². The number of ether oxygens (including phenoxy) is 1. The molecule has 30 heavy (non-hydrogen) atoms. The number of esters is 1. The highest BCUT2D eigenvalue weighted by Gasteiger charge is 2.36. The lowest BCUT2D eigenvalue weighted by Crippen LogP contribution is -2.54. The number of hydrogen-bond acceptors (Lipinski definition) is 5. The number of thioether (sulfide) groups is 1. The summed E-state index contributed by atoms with van der Waals surface area (Å²) in [6.07, 6.45) is -1.49. The predicted molar refractivity (Wildman–Crippen MR) is 109 cm³/mol. The van der Waals surface area contributed by atoms with Crippen LogP contribution in [0.2, 0.25) is 0 Å². The van der Waals surface area contributed by atoms with E-state index in [0.717, 1.165) is 11.1 Å². The highest BCUT2D eigenvalue weighted by atomic mass is 32.2. The van der Waals surface area contributed by atoms with E-state index in [9.17, 15) is 18.8 Å². The molecule has 2 aromatic rings. The number of hydrogen-bond donors (Lipinski definition) is 1. The number of carbonyl (C=O) groups excluding carboxylic acids is 2. The molecule has 9 heteroatoms. The summed E-state index contributed by atoms with van der Waals surface area (Å²) in [7, 11) is 0. The second-order valence-corrected chi connectivity index (χ2v) is 8.26. The molecule has 2 aromatic carbocycles. The second kappa shape index (κ2) is 7.98. The molecule has 2 fully saturated rings. The number of likely N-dealkylation sites (tertiary alicyclic amines) is 1. The molecule has 0 radical (unpaired) electrons. The summed E-state index contributed by atoms with van der Waals surface area (Å²) in [4.78, 5) is 38.6. The van der Waals surface area contributed by atoms with Crippen molar-refractivity contribution < 1.29 is 28.6 Å². The second-order valence-electron chi connectivity index (χ2n) is 7.19. The molecule has 2 amide bonds. The maximum atomic E-state index is 13.3. The lowest BCUT2D eigenvalue weighted by Gasteiger charge is -2.36. The van der Waals surface area contributed by atoms with Crippen molar-refractivity contribution in [3.05, 3.63) is 65.0 Å². The third-order valence-corrected chi connectivity index (χ3v) is 6.32. The minimum absolute atomic E-state index is 0.0593. The van der Waals surface area contributed by atoms with Crippen molar-refractivity contribution in [3.8, 4) is 0 Å². The van der Waals surface area contributed by atoms with Gasteiger partial charge in [0.25, 0.3) is 0 Å². The number of carbonyl (C=O) groups is 3. The van der Waals surface area contributed by atoms with Gasteiger partial charge in [0.15, 0.2) is 0 Å². The van der Waals surface area contributed by atoms with Gasteiger partial charge >= 0.3 is 12.1 Å². The summed E-state index contributed by atoms with van der Waals surface area (Å²) in [5, 5.41) is 8.57. The topological polar surface area (TPSA) is 87.2 Å². The predicted octanol–water partition coefficient (Wildman–Crippen LogP) is 3.43. The molecule has 0 aliphatic carbocycles. The minimum Gasteiger partial charge on any atom is -0.465 e. The molecule has 156 valence electrons. The number of aryl methyl sites for hydroxylation is 1. The molecule has 1 atom stereocenters. The van der Waals surface area contributed by atoms with Crippen LogP contribution in [0.5, 0.6) is 0 Å². The first-order valence-electron chi connectivity index (χ1n) is 9.32. The van der Waals surface area contributed by atoms with E-state index in [1.54, 1.807) is 42.2 Å². The van der Waals surface area contributed by atoms with Crippen molar-refractivity contribution in [2.45, 2.75) is 18.4 Å². The fourth-order valence-electron chi connectivity index (χ4n) is 3.50. The summed E-state index contributed by atoms with van der Waals surface area (Å²) in [6.45, 7) is 2.13. The van der Waals surface area contributed by atoms with Crippen LogP contribution in [0, 0.1) is 12.7 Å². The van der Waals surface area contributed by atoms with Crippen molar-refractivity contribution in [1.29, 1.82) is 0 Å². The molecule has 2 heterocycles. The van der Waals surface area contributed by atoms with Gasteiger partial charge in [0.2, 0.25) is 5.91 Å². The molecule has 0 spiro atoms. The van der Waals surface area contributed by atoms with E-state index in [0.29, 0.717) is 17.0 Å².